The molecule has 0 saturated heterocycles. The van der Waals surface area contributed by atoms with Crippen molar-refractivity contribution in [1.82, 2.24) is 15.6 Å². The Morgan fingerprint density at radius 3 is 2.70 bits per heavy atom. The topological polar surface area (TPSA) is 117 Å². The summed E-state index contributed by atoms with van der Waals surface area (Å²) in [5.74, 6) is 1.35. The van der Waals surface area contributed by atoms with Crippen LogP contribution in [0.3, 0.4) is 0 Å². The normalized spacial score (nSPS) is 13.1. The molecule has 0 spiro atoms. The van der Waals surface area contributed by atoms with E-state index in [1.807, 2.05) is 20.8 Å². The van der Waals surface area contributed by atoms with Crippen LogP contribution in [0.4, 0.5) is 0 Å². The molecular weight excluding hydrogens is 503 g/mol. The highest BCUT2D eigenvalue weighted by molar-refractivity contribution is 14.0. The van der Waals surface area contributed by atoms with Gasteiger partial charge in [0.25, 0.3) is 0 Å². The van der Waals surface area contributed by atoms with Crippen LogP contribution in [0, 0.1) is 13.8 Å². The summed E-state index contributed by atoms with van der Waals surface area (Å²) >= 11 is 1.14. The predicted octanol–water partition coefficient (Wildman–Crippen LogP) is 1.86. The second-order valence-electron chi connectivity index (χ2n) is 5.69. The Morgan fingerprint density at radius 2 is 2.15 bits per heavy atom. The molecule has 3 N–H and O–H groups in total. The van der Waals surface area contributed by atoms with E-state index in [9.17, 15) is 13.5 Å². The lowest BCUT2D eigenvalue weighted by Crippen LogP contribution is -2.42. The number of rotatable bonds is 8. The van der Waals surface area contributed by atoms with E-state index in [0.29, 0.717) is 18.4 Å². The van der Waals surface area contributed by atoms with E-state index in [0.717, 1.165) is 22.8 Å². The van der Waals surface area contributed by atoms with E-state index in [-0.39, 0.29) is 47.0 Å². The fraction of sp³-hybridized carbons (Fsp3) is 0.500. The summed E-state index contributed by atoms with van der Waals surface area (Å²) < 4.78 is 30.1. The summed E-state index contributed by atoms with van der Waals surface area (Å²) in [4.78, 5) is 8.59. The van der Waals surface area contributed by atoms with Crippen molar-refractivity contribution in [3.8, 4) is 0 Å². The number of sulfone groups is 1. The Hall–Kier alpha value is -1.18. The van der Waals surface area contributed by atoms with Gasteiger partial charge in [-0.2, -0.15) is 0 Å². The van der Waals surface area contributed by atoms with Crippen LogP contribution < -0.4 is 10.6 Å². The molecular formula is C16H25IN4O4S2. The molecule has 0 radical (unpaired) electrons. The minimum absolute atomic E-state index is 0. The molecule has 0 bridgehead atoms. The van der Waals surface area contributed by atoms with E-state index in [1.54, 1.807) is 11.4 Å². The maximum Gasteiger partial charge on any atom is 0.216 e. The number of hydrogen-bond donors (Lipinski definition) is 3. The van der Waals surface area contributed by atoms with Gasteiger partial charge in [-0.15, -0.1) is 35.3 Å². The van der Waals surface area contributed by atoms with Crippen LogP contribution in [0.25, 0.3) is 0 Å². The van der Waals surface area contributed by atoms with Gasteiger partial charge in [-0.25, -0.2) is 18.4 Å². The fourth-order valence-electron chi connectivity index (χ4n) is 2.14. The van der Waals surface area contributed by atoms with Crippen molar-refractivity contribution in [3.63, 3.8) is 0 Å². The number of nitrogens with one attached hydrogen (secondary N) is 2. The van der Waals surface area contributed by atoms with Crippen molar-refractivity contribution in [2.24, 2.45) is 4.99 Å². The Bertz CT molecular complexity index is 815. The number of aliphatic hydroxyl groups excluding tert-OH is 1. The van der Waals surface area contributed by atoms with E-state index in [4.69, 9.17) is 4.42 Å². The second-order valence-corrected chi connectivity index (χ2v) is 8.90. The highest BCUT2D eigenvalue weighted by Crippen LogP contribution is 2.18. The van der Waals surface area contributed by atoms with Gasteiger partial charge in [0.15, 0.2) is 15.8 Å². The molecule has 27 heavy (non-hydrogen) atoms. The largest absolute Gasteiger partial charge is 0.444 e. The highest BCUT2D eigenvalue weighted by Gasteiger charge is 2.20. The Kier molecular flexibility index (Phi) is 9.70. The third-order valence-electron chi connectivity index (χ3n) is 3.51. The lowest BCUT2D eigenvalue weighted by molar-refractivity contribution is 0.200. The summed E-state index contributed by atoms with van der Waals surface area (Å²) in [5, 5.41) is 17.7. The minimum Gasteiger partial charge on any atom is -0.444 e. The van der Waals surface area contributed by atoms with Crippen molar-refractivity contribution in [2.45, 2.75) is 37.6 Å². The molecule has 0 amide bonds. The number of guanidine groups is 1. The van der Waals surface area contributed by atoms with E-state index >= 15 is 0 Å². The van der Waals surface area contributed by atoms with E-state index in [2.05, 4.69) is 20.6 Å². The van der Waals surface area contributed by atoms with Gasteiger partial charge >= 0.3 is 0 Å². The molecule has 2 heterocycles. The van der Waals surface area contributed by atoms with Crippen molar-refractivity contribution in [3.05, 3.63) is 34.9 Å². The molecule has 0 fully saturated rings. The second kappa shape index (κ2) is 11.0. The van der Waals surface area contributed by atoms with Gasteiger partial charge in [0.05, 0.1) is 17.6 Å². The number of oxazole rings is 1. The maximum absolute atomic E-state index is 12.2. The first kappa shape index (κ1) is 23.9. The molecule has 0 aliphatic rings. The number of aliphatic hydroxyl groups is 1. The quantitative estimate of drug-likeness (QED) is 0.272. The monoisotopic (exact) mass is 528 g/mol. The summed E-state index contributed by atoms with van der Waals surface area (Å²) in [6.45, 7) is 6.53. The fourth-order valence-corrected chi connectivity index (χ4v) is 4.62. The van der Waals surface area contributed by atoms with Gasteiger partial charge in [-0.1, -0.05) is 6.07 Å². The minimum atomic E-state index is -3.49. The molecule has 1 unspecified atom stereocenters. The summed E-state index contributed by atoms with van der Waals surface area (Å²) in [6.07, 6.45) is -1.06. The van der Waals surface area contributed by atoms with Crippen LogP contribution >= 0.6 is 35.3 Å². The number of halogens is 1. The highest BCUT2D eigenvalue weighted by atomic mass is 127. The number of aryl methyl sites for hydroxylation is 2. The molecule has 152 valence electrons. The number of aliphatic imine (C=N–C) groups is 1. The van der Waals surface area contributed by atoms with Crippen LogP contribution in [-0.4, -0.2) is 49.4 Å². The average molecular weight is 528 g/mol. The maximum atomic E-state index is 12.2. The van der Waals surface area contributed by atoms with Crippen molar-refractivity contribution < 1.29 is 17.9 Å². The molecule has 2 rings (SSSR count). The first-order chi connectivity index (χ1) is 12.3. The van der Waals surface area contributed by atoms with Gasteiger partial charge in [-0.3, -0.25) is 0 Å². The van der Waals surface area contributed by atoms with Crippen LogP contribution in [-0.2, 0) is 16.4 Å². The number of thiophene rings is 1. The number of hydrogen-bond acceptors (Lipinski definition) is 7. The molecule has 2 aromatic rings. The van der Waals surface area contributed by atoms with Gasteiger partial charge in [0.2, 0.25) is 5.89 Å². The number of nitrogens with zero attached hydrogens (tertiary/aromatic N) is 2. The summed E-state index contributed by atoms with van der Waals surface area (Å²) in [5.41, 5.74) is 0.822. The molecule has 0 aliphatic carbocycles. The van der Waals surface area contributed by atoms with Gasteiger partial charge in [0.1, 0.15) is 16.5 Å². The molecule has 0 aromatic carbocycles. The molecule has 11 heteroatoms. The van der Waals surface area contributed by atoms with Gasteiger partial charge in [-0.05, 0) is 32.2 Å². The van der Waals surface area contributed by atoms with Gasteiger partial charge in [0, 0.05) is 13.1 Å². The average Bonchev–Trinajstić information content (AvgIpc) is 3.21. The van der Waals surface area contributed by atoms with Crippen molar-refractivity contribution in [2.75, 3.05) is 18.8 Å². The summed E-state index contributed by atoms with van der Waals surface area (Å²) in [7, 11) is -3.49. The zero-order chi connectivity index (χ0) is 19.2. The van der Waals surface area contributed by atoms with E-state index < -0.39 is 15.9 Å². The molecule has 0 aliphatic heterocycles. The van der Waals surface area contributed by atoms with Crippen molar-refractivity contribution in [1.29, 1.82) is 0 Å². The number of aromatic nitrogens is 1. The van der Waals surface area contributed by atoms with Crippen LogP contribution in [0.2, 0.25) is 0 Å². The Balaban J connectivity index is 0.00000364. The Labute approximate surface area is 180 Å². The smallest absolute Gasteiger partial charge is 0.216 e. The van der Waals surface area contributed by atoms with E-state index in [1.165, 1.54) is 6.07 Å². The standard InChI is InChI=1S/C16H24N4O4S2.HI/c1-4-17-16(19-9-14-20-11(2)12(3)24-14)18-8-13(21)10-26(22,23)15-6-5-7-25-15;/h5-7,13,21H,4,8-10H2,1-3H3,(H2,17,18,19);1H. The third-order valence-corrected chi connectivity index (χ3v) is 6.79. The zero-order valence-electron chi connectivity index (χ0n) is 15.4. The first-order valence-electron chi connectivity index (χ1n) is 8.21. The lowest BCUT2D eigenvalue weighted by atomic mass is 10.4. The molecule has 0 saturated carbocycles. The first-order valence-corrected chi connectivity index (χ1v) is 10.7. The van der Waals surface area contributed by atoms with Crippen LogP contribution in [0.5, 0.6) is 0 Å². The zero-order valence-corrected chi connectivity index (χ0v) is 19.4. The SMILES string of the molecule is CCNC(=NCc1nc(C)c(C)o1)NCC(O)CS(=O)(=O)c1cccs1.I. The molecule has 1 atom stereocenters. The third kappa shape index (κ3) is 7.39. The van der Waals surface area contributed by atoms with Gasteiger partial charge < -0.3 is 20.2 Å². The predicted molar refractivity (Wildman–Crippen MR) is 117 cm³/mol. The Morgan fingerprint density at radius 1 is 1.41 bits per heavy atom. The summed E-state index contributed by atoms with van der Waals surface area (Å²) in [6, 6.07) is 3.20. The molecule has 2 aromatic heterocycles. The lowest BCUT2D eigenvalue weighted by Gasteiger charge is -2.15. The van der Waals surface area contributed by atoms with Crippen molar-refractivity contribution >= 4 is 51.1 Å². The molecule has 8 nitrogen and oxygen atoms in total. The van der Waals surface area contributed by atoms with Crippen LogP contribution in [0.1, 0.15) is 24.3 Å². The van der Waals surface area contributed by atoms with Crippen LogP contribution in [0.15, 0.2) is 31.1 Å².